The van der Waals surface area contributed by atoms with Gasteiger partial charge in [-0.1, -0.05) is 0 Å². The number of aromatic nitrogens is 2. The second-order valence-corrected chi connectivity index (χ2v) is 5.01. The Morgan fingerprint density at radius 2 is 2.11 bits per heavy atom. The number of hydrogen-bond donors (Lipinski definition) is 2. The molecule has 2 rings (SSSR count). The summed E-state index contributed by atoms with van der Waals surface area (Å²) in [5, 5.41) is 9.11. The van der Waals surface area contributed by atoms with Crippen molar-refractivity contribution in [3.8, 4) is 0 Å². The minimum Gasteiger partial charge on any atom is -0.384 e. The predicted molar refractivity (Wildman–Crippen MR) is 73.1 cm³/mol. The van der Waals surface area contributed by atoms with Crippen molar-refractivity contribution < 1.29 is 0 Å². The molecule has 0 aliphatic heterocycles. The van der Waals surface area contributed by atoms with Crippen LogP contribution in [0.2, 0.25) is 0 Å². The smallest absolute Gasteiger partial charge is 0.125 e. The number of nitrogens with zero attached hydrogens (tertiary/aromatic N) is 2. The lowest BCUT2D eigenvalue weighted by Gasteiger charge is -2.07. The molecular weight excluding hydrogens is 244 g/mol. The van der Waals surface area contributed by atoms with Gasteiger partial charge >= 0.3 is 0 Å². The molecule has 0 bridgehead atoms. The first-order valence-electron chi connectivity index (χ1n) is 5.49. The van der Waals surface area contributed by atoms with Gasteiger partial charge in [-0.15, -0.1) is 0 Å². The van der Waals surface area contributed by atoms with Crippen LogP contribution >= 0.6 is 11.8 Å². The molecule has 0 aromatic carbocycles. The van der Waals surface area contributed by atoms with Gasteiger partial charge in [0.15, 0.2) is 0 Å². The van der Waals surface area contributed by atoms with E-state index in [1.54, 1.807) is 18.3 Å². The normalized spacial score (nSPS) is 10.3. The lowest BCUT2D eigenvalue weighted by Crippen LogP contribution is -2.12. The Morgan fingerprint density at radius 1 is 1.33 bits per heavy atom. The first kappa shape index (κ1) is 12.6. The van der Waals surface area contributed by atoms with E-state index in [1.165, 1.54) is 11.8 Å². The van der Waals surface area contributed by atoms with Crippen LogP contribution < -0.4 is 5.73 Å². The van der Waals surface area contributed by atoms with E-state index < -0.39 is 0 Å². The highest BCUT2D eigenvalue weighted by Gasteiger charge is 2.09. The molecule has 0 unspecified atom stereocenters. The quantitative estimate of drug-likeness (QED) is 0.655. The van der Waals surface area contributed by atoms with Gasteiger partial charge < -0.3 is 5.73 Å². The van der Waals surface area contributed by atoms with E-state index in [0.717, 1.165) is 16.3 Å². The van der Waals surface area contributed by atoms with Crippen LogP contribution in [0.25, 0.3) is 0 Å². The second-order valence-electron chi connectivity index (χ2n) is 4.00. The fourth-order valence-corrected chi connectivity index (χ4v) is 2.67. The number of rotatable bonds is 3. The number of nitrogens with two attached hydrogens (primary N) is 1. The number of hydrogen-bond acceptors (Lipinski definition) is 4. The molecule has 0 spiro atoms. The van der Waals surface area contributed by atoms with Crippen molar-refractivity contribution in [2.24, 2.45) is 5.73 Å². The van der Waals surface area contributed by atoms with E-state index in [9.17, 15) is 0 Å². The van der Waals surface area contributed by atoms with E-state index in [1.807, 2.05) is 26.0 Å². The predicted octanol–water partition coefficient (Wildman–Crippen LogP) is 2.53. The Hall–Kier alpha value is -1.88. The van der Waals surface area contributed by atoms with E-state index in [0.29, 0.717) is 10.6 Å². The summed E-state index contributed by atoms with van der Waals surface area (Å²) >= 11 is 1.43. The zero-order valence-corrected chi connectivity index (χ0v) is 11.1. The van der Waals surface area contributed by atoms with Gasteiger partial charge in [-0.3, -0.25) is 5.41 Å². The highest BCUT2D eigenvalue weighted by molar-refractivity contribution is 7.99. The maximum Gasteiger partial charge on any atom is 0.125 e. The first-order chi connectivity index (χ1) is 8.56. The molecule has 5 heteroatoms. The fraction of sp³-hybridized carbons (Fsp3) is 0.154. The van der Waals surface area contributed by atoms with Crippen LogP contribution in [0.15, 0.2) is 40.5 Å². The Balaban J connectivity index is 2.37. The average molecular weight is 258 g/mol. The molecule has 18 heavy (non-hydrogen) atoms. The van der Waals surface area contributed by atoms with E-state index >= 15 is 0 Å². The highest BCUT2D eigenvalue weighted by Crippen LogP contribution is 2.27. The largest absolute Gasteiger partial charge is 0.384 e. The molecular formula is C13H14N4S. The molecule has 3 N–H and O–H groups in total. The molecule has 2 aromatic heterocycles. The van der Waals surface area contributed by atoms with E-state index in [2.05, 4.69) is 9.97 Å². The molecule has 0 saturated carbocycles. The van der Waals surface area contributed by atoms with Gasteiger partial charge in [0.2, 0.25) is 0 Å². The van der Waals surface area contributed by atoms with E-state index in [4.69, 9.17) is 11.1 Å². The average Bonchev–Trinajstić information content (AvgIpc) is 2.27. The van der Waals surface area contributed by atoms with Crippen LogP contribution in [0, 0.1) is 19.3 Å². The summed E-state index contributed by atoms with van der Waals surface area (Å²) in [6.07, 6.45) is 1.69. The lowest BCUT2D eigenvalue weighted by atomic mass is 10.2. The zero-order chi connectivity index (χ0) is 13.1. The Bertz CT molecular complexity index is 575. The molecule has 0 atom stereocenters. The topological polar surface area (TPSA) is 75.7 Å². The van der Waals surface area contributed by atoms with Crippen LogP contribution in [-0.4, -0.2) is 15.8 Å². The SMILES string of the molecule is Cc1cc(C)nc(Sc2ncccc2C(=N)N)c1. The third-order valence-electron chi connectivity index (χ3n) is 2.34. The van der Waals surface area contributed by atoms with Gasteiger partial charge in [0.1, 0.15) is 15.9 Å². The Kier molecular flexibility index (Phi) is 3.62. The summed E-state index contributed by atoms with van der Waals surface area (Å²) in [6, 6.07) is 7.58. The van der Waals surface area contributed by atoms with E-state index in [-0.39, 0.29) is 5.84 Å². The van der Waals surface area contributed by atoms with Gasteiger partial charge in [-0.25, -0.2) is 9.97 Å². The van der Waals surface area contributed by atoms with Crippen molar-refractivity contribution in [1.82, 2.24) is 9.97 Å². The molecule has 0 fully saturated rings. The Morgan fingerprint density at radius 3 is 2.78 bits per heavy atom. The number of pyridine rings is 2. The second kappa shape index (κ2) is 5.18. The van der Waals surface area contributed by atoms with Gasteiger partial charge in [0.05, 0.1) is 0 Å². The van der Waals surface area contributed by atoms with Crippen molar-refractivity contribution in [2.75, 3.05) is 0 Å². The van der Waals surface area contributed by atoms with Crippen molar-refractivity contribution in [2.45, 2.75) is 23.9 Å². The van der Waals surface area contributed by atoms with Crippen LogP contribution in [-0.2, 0) is 0 Å². The molecule has 92 valence electrons. The number of aryl methyl sites for hydroxylation is 2. The van der Waals surface area contributed by atoms with Crippen LogP contribution in [0.4, 0.5) is 0 Å². The monoisotopic (exact) mass is 258 g/mol. The van der Waals surface area contributed by atoms with Gasteiger partial charge in [0.25, 0.3) is 0 Å². The van der Waals surface area contributed by atoms with Crippen molar-refractivity contribution in [1.29, 1.82) is 5.41 Å². The van der Waals surface area contributed by atoms with Crippen molar-refractivity contribution >= 4 is 17.6 Å². The molecule has 0 aliphatic rings. The summed E-state index contributed by atoms with van der Waals surface area (Å²) in [5.74, 6) is 0.0231. The number of nitrogen functional groups attached to an aromatic ring is 1. The van der Waals surface area contributed by atoms with Crippen LogP contribution in [0.1, 0.15) is 16.8 Å². The molecule has 0 radical (unpaired) electrons. The summed E-state index contributed by atoms with van der Waals surface area (Å²) in [6.45, 7) is 3.99. The highest BCUT2D eigenvalue weighted by atomic mass is 32.2. The summed E-state index contributed by atoms with van der Waals surface area (Å²) < 4.78 is 0. The molecule has 0 amide bonds. The van der Waals surface area contributed by atoms with Crippen molar-refractivity contribution in [3.63, 3.8) is 0 Å². The summed E-state index contributed by atoms with van der Waals surface area (Å²) in [5.41, 5.74) is 8.31. The minimum atomic E-state index is 0.0231. The zero-order valence-electron chi connectivity index (χ0n) is 10.3. The standard InChI is InChI=1S/C13H14N4S/c1-8-6-9(2)17-11(7-8)18-13-10(12(14)15)4-3-5-16-13/h3-7H,1-2H3,(H3,14,15). The van der Waals surface area contributed by atoms with Gasteiger partial charge in [-0.2, -0.15) is 0 Å². The Labute approximate surface area is 110 Å². The molecule has 4 nitrogen and oxygen atoms in total. The third-order valence-corrected chi connectivity index (χ3v) is 3.27. The third kappa shape index (κ3) is 2.87. The number of nitrogens with one attached hydrogen (secondary N) is 1. The van der Waals surface area contributed by atoms with Crippen LogP contribution in [0.5, 0.6) is 0 Å². The molecule has 0 saturated heterocycles. The van der Waals surface area contributed by atoms with Crippen LogP contribution in [0.3, 0.4) is 0 Å². The lowest BCUT2D eigenvalue weighted by molar-refractivity contribution is 1.03. The number of amidine groups is 1. The maximum absolute atomic E-state index is 7.53. The minimum absolute atomic E-state index is 0.0231. The molecule has 0 aliphatic carbocycles. The summed E-state index contributed by atoms with van der Waals surface area (Å²) in [4.78, 5) is 8.70. The molecule has 2 heterocycles. The van der Waals surface area contributed by atoms with Crippen molar-refractivity contribution in [3.05, 3.63) is 47.3 Å². The van der Waals surface area contributed by atoms with Gasteiger partial charge in [-0.05, 0) is 55.4 Å². The van der Waals surface area contributed by atoms with Gasteiger partial charge in [0, 0.05) is 17.5 Å². The maximum atomic E-state index is 7.53. The molecule has 2 aromatic rings. The first-order valence-corrected chi connectivity index (χ1v) is 6.30. The summed E-state index contributed by atoms with van der Waals surface area (Å²) in [7, 11) is 0. The fourth-order valence-electron chi connectivity index (χ4n) is 1.63.